The molecule has 6 nitrogen and oxygen atoms in total. The Morgan fingerprint density at radius 1 is 1.00 bits per heavy atom. The number of aryl methyl sites for hydroxylation is 2. The van der Waals surface area contributed by atoms with Crippen molar-refractivity contribution in [2.24, 2.45) is 0 Å². The molecular weight excluding hydrogens is 407 g/mol. The Bertz CT molecular complexity index is 1250. The smallest absolute Gasteiger partial charge is 0.295 e. The normalized spacial score (nSPS) is 10.8. The van der Waals surface area contributed by atoms with Crippen LogP contribution >= 0.6 is 0 Å². The van der Waals surface area contributed by atoms with E-state index < -0.39 is 5.91 Å². The van der Waals surface area contributed by atoms with Crippen LogP contribution in [-0.2, 0) is 0 Å². The average molecular weight is 430 g/mol. The molecule has 0 radical (unpaired) electrons. The van der Waals surface area contributed by atoms with Crippen LogP contribution in [0.2, 0.25) is 0 Å². The van der Waals surface area contributed by atoms with Gasteiger partial charge in [-0.3, -0.25) is 4.79 Å². The summed E-state index contributed by atoms with van der Waals surface area (Å²) in [5.41, 5.74) is 4.25. The second kappa shape index (κ2) is 9.01. The predicted octanol–water partition coefficient (Wildman–Crippen LogP) is 5.34. The SMILES string of the molecule is CCOc1ccc(NC(=O)c2nc(-c3ccc(F)cc3)n(-c3ccc(C)c(C)c3)n2)cc1. The molecule has 162 valence electrons. The summed E-state index contributed by atoms with van der Waals surface area (Å²) >= 11 is 0. The number of hydrogen-bond acceptors (Lipinski definition) is 4. The Balaban J connectivity index is 1.70. The lowest BCUT2D eigenvalue weighted by Gasteiger charge is -2.08. The van der Waals surface area contributed by atoms with Gasteiger partial charge in [0, 0.05) is 11.3 Å². The fourth-order valence-electron chi connectivity index (χ4n) is 3.22. The number of benzene rings is 3. The third-order valence-electron chi connectivity index (χ3n) is 5.07. The van der Waals surface area contributed by atoms with E-state index in [-0.39, 0.29) is 11.6 Å². The van der Waals surface area contributed by atoms with Crippen LogP contribution in [0, 0.1) is 19.7 Å². The van der Waals surface area contributed by atoms with E-state index in [4.69, 9.17) is 4.74 Å². The highest BCUT2D eigenvalue weighted by atomic mass is 19.1. The largest absolute Gasteiger partial charge is 0.494 e. The number of rotatable bonds is 6. The zero-order chi connectivity index (χ0) is 22.7. The molecule has 0 aliphatic heterocycles. The number of anilines is 1. The number of nitrogens with zero attached hydrogens (tertiary/aromatic N) is 3. The molecule has 0 unspecified atom stereocenters. The first-order valence-corrected chi connectivity index (χ1v) is 10.3. The summed E-state index contributed by atoms with van der Waals surface area (Å²) in [6.07, 6.45) is 0. The van der Waals surface area contributed by atoms with E-state index in [1.54, 1.807) is 41.1 Å². The molecule has 0 aliphatic rings. The summed E-state index contributed by atoms with van der Waals surface area (Å²) in [6, 6.07) is 18.9. The van der Waals surface area contributed by atoms with Crippen LogP contribution in [0.1, 0.15) is 28.7 Å². The van der Waals surface area contributed by atoms with Crippen molar-refractivity contribution < 1.29 is 13.9 Å². The third-order valence-corrected chi connectivity index (χ3v) is 5.07. The van der Waals surface area contributed by atoms with Gasteiger partial charge in [-0.15, -0.1) is 5.10 Å². The molecule has 0 atom stereocenters. The Kier molecular flexibility index (Phi) is 5.98. The molecule has 0 saturated carbocycles. The number of halogens is 1. The first-order valence-electron chi connectivity index (χ1n) is 10.3. The molecule has 7 heteroatoms. The van der Waals surface area contributed by atoms with Gasteiger partial charge in [0.15, 0.2) is 5.82 Å². The molecule has 4 aromatic rings. The summed E-state index contributed by atoms with van der Waals surface area (Å²) in [5, 5.41) is 7.28. The summed E-state index contributed by atoms with van der Waals surface area (Å²) < 4.78 is 20.5. The molecule has 32 heavy (non-hydrogen) atoms. The van der Waals surface area contributed by atoms with E-state index in [0.29, 0.717) is 23.7 Å². The van der Waals surface area contributed by atoms with E-state index in [2.05, 4.69) is 15.4 Å². The Labute approximate surface area is 185 Å². The number of ether oxygens (including phenoxy) is 1. The lowest BCUT2D eigenvalue weighted by atomic mass is 10.1. The van der Waals surface area contributed by atoms with Crippen molar-refractivity contribution in [3.63, 3.8) is 0 Å². The third kappa shape index (κ3) is 4.51. The highest BCUT2D eigenvalue weighted by Crippen LogP contribution is 2.24. The van der Waals surface area contributed by atoms with Crippen LogP contribution in [0.3, 0.4) is 0 Å². The molecule has 0 spiro atoms. The Morgan fingerprint density at radius 2 is 1.72 bits per heavy atom. The average Bonchev–Trinajstić information content (AvgIpc) is 3.23. The summed E-state index contributed by atoms with van der Waals surface area (Å²) in [5.74, 6) is 0.391. The quantitative estimate of drug-likeness (QED) is 0.448. The van der Waals surface area contributed by atoms with Crippen LogP contribution in [0.5, 0.6) is 5.75 Å². The van der Waals surface area contributed by atoms with E-state index in [1.807, 2.05) is 39.0 Å². The van der Waals surface area contributed by atoms with Crippen molar-refractivity contribution in [1.29, 1.82) is 0 Å². The van der Waals surface area contributed by atoms with Crippen molar-refractivity contribution in [3.8, 4) is 22.8 Å². The zero-order valence-electron chi connectivity index (χ0n) is 18.1. The molecule has 3 aromatic carbocycles. The van der Waals surface area contributed by atoms with Crippen molar-refractivity contribution in [3.05, 3.63) is 89.5 Å². The minimum Gasteiger partial charge on any atom is -0.494 e. The minimum absolute atomic E-state index is 0.0106. The minimum atomic E-state index is -0.444. The Hall–Kier alpha value is -4.00. The van der Waals surface area contributed by atoms with Crippen LogP contribution in [-0.4, -0.2) is 27.3 Å². The van der Waals surface area contributed by atoms with Gasteiger partial charge in [-0.05, 0) is 92.6 Å². The molecule has 0 saturated heterocycles. The molecule has 0 bridgehead atoms. The van der Waals surface area contributed by atoms with E-state index >= 15 is 0 Å². The van der Waals surface area contributed by atoms with Crippen molar-refractivity contribution in [1.82, 2.24) is 14.8 Å². The van der Waals surface area contributed by atoms with E-state index in [1.165, 1.54) is 12.1 Å². The van der Waals surface area contributed by atoms with Crippen molar-refractivity contribution >= 4 is 11.6 Å². The number of aromatic nitrogens is 3. The maximum absolute atomic E-state index is 13.5. The first-order chi connectivity index (χ1) is 15.4. The molecule has 0 aliphatic carbocycles. The van der Waals surface area contributed by atoms with Gasteiger partial charge in [0.25, 0.3) is 5.91 Å². The monoisotopic (exact) mass is 430 g/mol. The summed E-state index contributed by atoms with van der Waals surface area (Å²) in [7, 11) is 0. The van der Waals surface area contributed by atoms with Gasteiger partial charge in [-0.2, -0.15) is 0 Å². The fraction of sp³-hybridized carbons (Fsp3) is 0.160. The van der Waals surface area contributed by atoms with Crippen molar-refractivity contribution in [2.75, 3.05) is 11.9 Å². The molecular formula is C25H23FN4O2. The molecule has 1 amide bonds. The molecule has 0 fully saturated rings. The van der Waals surface area contributed by atoms with Gasteiger partial charge in [-0.25, -0.2) is 14.1 Å². The van der Waals surface area contributed by atoms with Gasteiger partial charge in [0.05, 0.1) is 12.3 Å². The highest BCUT2D eigenvalue weighted by molar-refractivity contribution is 6.01. The number of nitrogens with one attached hydrogen (secondary N) is 1. The van der Waals surface area contributed by atoms with Crippen LogP contribution in [0.4, 0.5) is 10.1 Å². The second-order valence-corrected chi connectivity index (χ2v) is 7.36. The lowest BCUT2D eigenvalue weighted by Crippen LogP contribution is -2.14. The number of carbonyl (C=O) groups excluding carboxylic acids is 1. The molecule has 1 heterocycles. The number of hydrogen-bond donors (Lipinski definition) is 1. The maximum atomic E-state index is 13.5. The predicted molar refractivity (Wildman–Crippen MR) is 122 cm³/mol. The summed E-state index contributed by atoms with van der Waals surface area (Å²) in [6.45, 7) is 6.51. The van der Waals surface area contributed by atoms with Gasteiger partial charge < -0.3 is 10.1 Å². The van der Waals surface area contributed by atoms with E-state index in [0.717, 1.165) is 22.6 Å². The van der Waals surface area contributed by atoms with Gasteiger partial charge in [0.1, 0.15) is 11.6 Å². The van der Waals surface area contributed by atoms with Crippen LogP contribution in [0.25, 0.3) is 17.1 Å². The van der Waals surface area contributed by atoms with Crippen LogP contribution < -0.4 is 10.1 Å². The van der Waals surface area contributed by atoms with Crippen molar-refractivity contribution in [2.45, 2.75) is 20.8 Å². The van der Waals surface area contributed by atoms with E-state index in [9.17, 15) is 9.18 Å². The highest BCUT2D eigenvalue weighted by Gasteiger charge is 2.19. The fourth-order valence-corrected chi connectivity index (χ4v) is 3.22. The number of amides is 1. The molecule has 1 aromatic heterocycles. The molecule has 1 N–H and O–H groups in total. The first kappa shape index (κ1) is 21.2. The topological polar surface area (TPSA) is 69.0 Å². The lowest BCUT2D eigenvalue weighted by molar-refractivity contribution is 0.101. The second-order valence-electron chi connectivity index (χ2n) is 7.36. The van der Waals surface area contributed by atoms with Gasteiger partial charge >= 0.3 is 0 Å². The van der Waals surface area contributed by atoms with Crippen LogP contribution in [0.15, 0.2) is 66.7 Å². The zero-order valence-corrected chi connectivity index (χ0v) is 18.1. The summed E-state index contributed by atoms with van der Waals surface area (Å²) in [4.78, 5) is 17.4. The standard InChI is InChI=1S/C25H23FN4O2/c1-4-32-22-13-10-20(11-14-22)27-25(31)23-28-24(18-6-8-19(26)9-7-18)30(29-23)21-12-5-16(2)17(3)15-21/h5-15H,4H2,1-3H3,(H,27,31). The Morgan fingerprint density at radius 3 is 2.38 bits per heavy atom. The van der Waals surface area contributed by atoms with Gasteiger partial charge in [0.2, 0.25) is 5.82 Å². The maximum Gasteiger partial charge on any atom is 0.295 e. The number of carbonyl (C=O) groups is 1. The van der Waals surface area contributed by atoms with Gasteiger partial charge in [-0.1, -0.05) is 6.07 Å². The molecule has 4 rings (SSSR count).